The van der Waals surface area contributed by atoms with Crippen LogP contribution in [0.5, 0.6) is 5.75 Å². The number of nitrogens with one attached hydrogen (secondary N) is 1. The van der Waals surface area contributed by atoms with Gasteiger partial charge < -0.3 is 14.8 Å². The molecule has 122 valence electrons. The van der Waals surface area contributed by atoms with Gasteiger partial charge in [0.1, 0.15) is 10.6 Å². The van der Waals surface area contributed by atoms with Crippen molar-refractivity contribution in [3.63, 3.8) is 0 Å². The fourth-order valence-electron chi connectivity index (χ4n) is 3.15. The smallest absolute Gasteiger partial charge is 0.265 e. The molecule has 1 N–H and O–H groups in total. The Balaban J connectivity index is 1.48. The molecule has 0 atom stereocenters. The van der Waals surface area contributed by atoms with E-state index in [-0.39, 0.29) is 5.91 Å². The number of fused-ring (bicyclic) bond motifs is 1. The number of methoxy groups -OCH3 is 1. The van der Waals surface area contributed by atoms with E-state index in [1.54, 1.807) is 18.4 Å². The summed E-state index contributed by atoms with van der Waals surface area (Å²) >= 11 is 1.60. The molecular formula is C16H24N2O3S. The summed E-state index contributed by atoms with van der Waals surface area (Å²) in [4.78, 5) is 16.8. The van der Waals surface area contributed by atoms with Crippen molar-refractivity contribution in [1.29, 1.82) is 0 Å². The quantitative estimate of drug-likeness (QED) is 0.809. The molecule has 1 amide bonds. The Morgan fingerprint density at radius 3 is 2.95 bits per heavy atom. The van der Waals surface area contributed by atoms with Crippen LogP contribution in [0.2, 0.25) is 0 Å². The first kappa shape index (κ1) is 15.8. The third kappa shape index (κ3) is 3.45. The van der Waals surface area contributed by atoms with E-state index < -0.39 is 0 Å². The van der Waals surface area contributed by atoms with E-state index in [0.717, 1.165) is 62.7 Å². The molecule has 1 aromatic rings. The van der Waals surface area contributed by atoms with Gasteiger partial charge in [-0.15, -0.1) is 11.3 Å². The zero-order valence-electron chi connectivity index (χ0n) is 13.2. The fourth-order valence-corrected chi connectivity index (χ4v) is 4.43. The second kappa shape index (κ2) is 7.44. The molecule has 1 aliphatic heterocycles. The molecule has 22 heavy (non-hydrogen) atoms. The van der Waals surface area contributed by atoms with E-state index in [9.17, 15) is 4.79 Å². The largest absolute Gasteiger partial charge is 0.495 e. The molecule has 6 heteroatoms. The van der Waals surface area contributed by atoms with E-state index >= 15 is 0 Å². The van der Waals surface area contributed by atoms with Crippen LogP contribution in [-0.2, 0) is 17.6 Å². The topological polar surface area (TPSA) is 50.8 Å². The molecule has 1 aromatic heterocycles. The average molecular weight is 324 g/mol. The Hall–Kier alpha value is -1.11. The van der Waals surface area contributed by atoms with Gasteiger partial charge in [0.15, 0.2) is 0 Å². The normalized spacial score (nSPS) is 18.2. The van der Waals surface area contributed by atoms with Gasteiger partial charge in [-0.05, 0) is 32.2 Å². The Kier molecular flexibility index (Phi) is 5.33. The molecule has 1 aliphatic carbocycles. The minimum atomic E-state index is 0.0122. The predicted molar refractivity (Wildman–Crippen MR) is 87.1 cm³/mol. The van der Waals surface area contributed by atoms with E-state index in [4.69, 9.17) is 9.47 Å². The Morgan fingerprint density at radius 2 is 2.18 bits per heavy atom. The van der Waals surface area contributed by atoms with Gasteiger partial charge in [-0.2, -0.15) is 0 Å². The van der Waals surface area contributed by atoms with Crippen LogP contribution >= 0.6 is 11.3 Å². The number of ether oxygens (including phenoxy) is 2. The summed E-state index contributed by atoms with van der Waals surface area (Å²) in [5.74, 6) is 0.821. The molecule has 1 saturated heterocycles. The number of hydrogen-bond donors (Lipinski definition) is 1. The lowest BCUT2D eigenvalue weighted by Crippen LogP contribution is -2.38. The van der Waals surface area contributed by atoms with Crippen molar-refractivity contribution in [2.45, 2.75) is 25.7 Å². The molecular weight excluding hydrogens is 300 g/mol. The molecule has 0 saturated carbocycles. The molecule has 0 spiro atoms. The summed E-state index contributed by atoms with van der Waals surface area (Å²) in [6, 6.07) is 0. The zero-order valence-corrected chi connectivity index (χ0v) is 14.0. The molecule has 0 unspecified atom stereocenters. The first-order chi connectivity index (χ1) is 10.8. The average Bonchev–Trinajstić information content (AvgIpc) is 3.12. The third-order valence-electron chi connectivity index (χ3n) is 4.32. The van der Waals surface area contributed by atoms with Gasteiger partial charge in [-0.3, -0.25) is 9.69 Å². The molecule has 0 radical (unpaired) electrons. The van der Waals surface area contributed by atoms with Crippen LogP contribution in [0.25, 0.3) is 0 Å². The van der Waals surface area contributed by atoms with Gasteiger partial charge in [0.25, 0.3) is 5.91 Å². The molecule has 0 aromatic carbocycles. The summed E-state index contributed by atoms with van der Waals surface area (Å²) in [5.41, 5.74) is 1.26. The van der Waals surface area contributed by atoms with Crippen molar-refractivity contribution in [1.82, 2.24) is 10.2 Å². The van der Waals surface area contributed by atoms with Crippen LogP contribution in [0.4, 0.5) is 0 Å². The number of amides is 1. The number of thiophene rings is 1. The summed E-state index contributed by atoms with van der Waals surface area (Å²) in [6.07, 6.45) is 4.28. The summed E-state index contributed by atoms with van der Waals surface area (Å²) in [6.45, 7) is 5.37. The maximum Gasteiger partial charge on any atom is 0.265 e. The van der Waals surface area contributed by atoms with Crippen molar-refractivity contribution in [2.75, 3.05) is 46.5 Å². The van der Waals surface area contributed by atoms with Crippen molar-refractivity contribution in [2.24, 2.45) is 0 Å². The van der Waals surface area contributed by atoms with Gasteiger partial charge >= 0.3 is 0 Å². The number of hydrogen-bond acceptors (Lipinski definition) is 5. The van der Waals surface area contributed by atoms with E-state index in [0.29, 0.717) is 6.54 Å². The summed E-state index contributed by atoms with van der Waals surface area (Å²) in [5, 5.41) is 3.04. The molecule has 3 rings (SSSR count). The number of aryl methyl sites for hydroxylation is 1. The molecule has 0 bridgehead atoms. The first-order valence-electron chi connectivity index (χ1n) is 8.06. The number of rotatable bonds is 6. The Labute approximate surface area is 135 Å². The van der Waals surface area contributed by atoms with Crippen LogP contribution in [0.15, 0.2) is 0 Å². The molecule has 5 nitrogen and oxygen atoms in total. The van der Waals surface area contributed by atoms with E-state index in [2.05, 4.69) is 10.2 Å². The van der Waals surface area contributed by atoms with E-state index in [1.165, 1.54) is 16.9 Å². The van der Waals surface area contributed by atoms with Gasteiger partial charge in [-0.1, -0.05) is 0 Å². The highest BCUT2D eigenvalue weighted by Crippen LogP contribution is 2.40. The molecule has 2 aliphatic rings. The van der Waals surface area contributed by atoms with Crippen molar-refractivity contribution >= 4 is 17.2 Å². The minimum Gasteiger partial charge on any atom is -0.495 e. The fraction of sp³-hybridized carbons (Fsp3) is 0.688. The Morgan fingerprint density at radius 1 is 1.36 bits per heavy atom. The molecule has 2 heterocycles. The second-order valence-electron chi connectivity index (χ2n) is 5.78. The van der Waals surface area contributed by atoms with Crippen LogP contribution < -0.4 is 10.1 Å². The number of carbonyl (C=O) groups is 1. The number of nitrogens with zero attached hydrogens (tertiary/aromatic N) is 1. The van der Waals surface area contributed by atoms with Crippen molar-refractivity contribution < 1.29 is 14.3 Å². The van der Waals surface area contributed by atoms with Crippen LogP contribution in [-0.4, -0.2) is 57.3 Å². The van der Waals surface area contributed by atoms with Gasteiger partial charge in [0.05, 0.1) is 20.3 Å². The van der Waals surface area contributed by atoms with Crippen LogP contribution in [0, 0.1) is 0 Å². The summed E-state index contributed by atoms with van der Waals surface area (Å²) < 4.78 is 10.8. The predicted octanol–water partition coefficient (Wildman–Crippen LogP) is 1.70. The van der Waals surface area contributed by atoms with Gasteiger partial charge in [0.2, 0.25) is 0 Å². The number of morpholine rings is 1. The minimum absolute atomic E-state index is 0.0122. The van der Waals surface area contributed by atoms with E-state index in [1.807, 2.05) is 0 Å². The first-order valence-corrected chi connectivity index (χ1v) is 8.88. The highest BCUT2D eigenvalue weighted by molar-refractivity contribution is 7.14. The van der Waals surface area contributed by atoms with Crippen LogP contribution in [0.3, 0.4) is 0 Å². The van der Waals surface area contributed by atoms with Gasteiger partial charge in [0, 0.05) is 30.1 Å². The van der Waals surface area contributed by atoms with Gasteiger partial charge in [-0.25, -0.2) is 0 Å². The third-order valence-corrected chi connectivity index (χ3v) is 5.60. The Bertz CT molecular complexity index is 524. The molecule has 1 fully saturated rings. The maximum absolute atomic E-state index is 12.4. The lowest BCUT2D eigenvalue weighted by Gasteiger charge is -2.26. The highest BCUT2D eigenvalue weighted by Gasteiger charge is 2.26. The van der Waals surface area contributed by atoms with Crippen molar-refractivity contribution in [3.05, 3.63) is 15.3 Å². The SMILES string of the molecule is COc1c(C(=O)NCCCN2CCOCC2)sc2c1CCC2. The van der Waals surface area contributed by atoms with Crippen molar-refractivity contribution in [3.8, 4) is 5.75 Å². The zero-order chi connectivity index (χ0) is 15.4. The monoisotopic (exact) mass is 324 g/mol. The maximum atomic E-state index is 12.4. The lowest BCUT2D eigenvalue weighted by molar-refractivity contribution is 0.0374. The standard InChI is InChI=1S/C16H24N2O3S/c1-20-14-12-4-2-5-13(12)22-15(14)16(19)17-6-3-7-18-8-10-21-11-9-18/h2-11H2,1H3,(H,17,19). The lowest BCUT2D eigenvalue weighted by atomic mass is 10.2. The second-order valence-corrected chi connectivity index (χ2v) is 6.89. The highest BCUT2D eigenvalue weighted by atomic mass is 32.1. The van der Waals surface area contributed by atoms with Crippen LogP contribution in [0.1, 0.15) is 33.0 Å². The summed E-state index contributed by atoms with van der Waals surface area (Å²) in [7, 11) is 1.66. The number of carbonyl (C=O) groups excluding carboxylic acids is 1.